The highest BCUT2D eigenvalue weighted by Crippen LogP contribution is 2.23. The highest BCUT2D eigenvalue weighted by Gasteiger charge is 2.29. The number of hydrogen-bond donors (Lipinski definition) is 2. The van der Waals surface area contributed by atoms with Crippen LogP contribution in [0.2, 0.25) is 0 Å². The van der Waals surface area contributed by atoms with Crippen LogP contribution >= 0.6 is 12.4 Å². The second kappa shape index (κ2) is 7.23. The van der Waals surface area contributed by atoms with Gasteiger partial charge in [0, 0.05) is 12.0 Å². The molecule has 1 amide bonds. The molecule has 0 aliphatic heterocycles. The number of carbonyl (C=O) groups is 1. The lowest BCUT2D eigenvalue weighted by molar-refractivity contribution is -0.124. The molecule has 0 saturated carbocycles. The maximum atomic E-state index is 12.9. The van der Waals surface area contributed by atoms with Crippen LogP contribution in [-0.4, -0.2) is 18.5 Å². The van der Waals surface area contributed by atoms with Crippen LogP contribution in [0.1, 0.15) is 40.2 Å². The zero-order chi connectivity index (χ0) is 15.6. The van der Waals surface area contributed by atoms with Gasteiger partial charge >= 0.3 is 0 Å². The normalized spacial score (nSPS) is 13.3. The van der Waals surface area contributed by atoms with Crippen molar-refractivity contribution >= 4 is 18.3 Å². The quantitative estimate of drug-likeness (QED) is 0.897. The summed E-state index contributed by atoms with van der Waals surface area (Å²) in [6.45, 7) is 10.3. The fraction of sp³-hybridized carbons (Fsp3) is 0.562. The van der Waals surface area contributed by atoms with Gasteiger partial charge in [-0.2, -0.15) is 0 Å². The molecule has 0 heterocycles. The first kappa shape index (κ1) is 19.9. The second-order valence-electron chi connectivity index (χ2n) is 6.95. The second-order valence-corrected chi connectivity index (χ2v) is 6.95. The Hall–Kier alpha value is -1.13. The monoisotopic (exact) mass is 316 g/mol. The van der Waals surface area contributed by atoms with Gasteiger partial charge in [0.15, 0.2) is 0 Å². The molecule has 3 N–H and O–H groups in total. The van der Waals surface area contributed by atoms with E-state index in [1.54, 1.807) is 12.1 Å². The Morgan fingerprint density at radius 1 is 1.19 bits per heavy atom. The lowest BCUT2D eigenvalue weighted by Crippen LogP contribution is -2.50. The zero-order valence-electron chi connectivity index (χ0n) is 13.4. The van der Waals surface area contributed by atoms with Gasteiger partial charge < -0.3 is 11.1 Å². The molecule has 0 aliphatic carbocycles. The van der Waals surface area contributed by atoms with Gasteiger partial charge in [-0.25, -0.2) is 4.39 Å². The first-order valence-corrected chi connectivity index (χ1v) is 6.83. The number of nitrogens with two attached hydrogens (primary N) is 1. The topological polar surface area (TPSA) is 55.1 Å². The summed E-state index contributed by atoms with van der Waals surface area (Å²) in [7, 11) is 0. The van der Waals surface area contributed by atoms with E-state index in [0.717, 1.165) is 5.56 Å². The van der Waals surface area contributed by atoms with Crippen molar-refractivity contribution in [2.45, 2.75) is 46.1 Å². The van der Waals surface area contributed by atoms with Gasteiger partial charge in [0.05, 0.1) is 6.04 Å². The molecule has 0 bridgehead atoms. The van der Waals surface area contributed by atoms with Crippen molar-refractivity contribution in [3.05, 3.63) is 35.6 Å². The third kappa shape index (κ3) is 5.64. The molecule has 0 aromatic heterocycles. The van der Waals surface area contributed by atoms with Crippen LogP contribution in [0.5, 0.6) is 0 Å². The van der Waals surface area contributed by atoms with Gasteiger partial charge in [-0.1, -0.05) is 46.8 Å². The Balaban J connectivity index is 0.00000400. The van der Waals surface area contributed by atoms with E-state index in [2.05, 4.69) is 5.32 Å². The molecule has 1 aromatic rings. The number of nitrogens with one attached hydrogen (secondary N) is 1. The molecule has 0 spiro atoms. The summed E-state index contributed by atoms with van der Waals surface area (Å²) >= 11 is 0. The fourth-order valence-electron chi connectivity index (χ4n) is 1.81. The smallest absolute Gasteiger partial charge is 0.237 e. The van der Waals surface area contributed by atoms with E-state index in [9.17, 15) is 9.18 Å². The minimum atomic E-state index is -0.550. The van der Waals surface area contributed by atoms with Crippen molar-refractivity contribution in [1.29, 1.82) is 0 Å². The zero-order valence-corrected chi connectivity index (χ0v) is 14.2. The third-order valence-corrected chi connectivity index (χ3v) is 3.55. The number of carbonyl (C=O) groups excluding carboxylic acids is 1. The average molecular weight is 317 g/mol. The van der Waals surface area contributed by atoms with Crippen molar-refractivity contribution in [2.75, 3.05) is 6.54 Å². The van der Waals surface area contributed by atoms with Crippen LogP contribution < -0.4 is 11.1 Å². The highest BCUT2D eigenvalue weighted by atomic mass is 35.5. The van der Waals surface area contributed by atoms with Crippen molar-refractivity contribution in [3.63, 3.8) is 0 Å². The van der Waals surface area contributed by atoms with Crippen molar-refractivity contribution in [2.24, 2.45) is 11.1 Å². The fourth-order valence-corrected chi connectivity index (χ4v) is 1.81. The molecular weight excluding hydrogens is 291 g/mol. The van der Waals surface area contributed by atoms with E-state index >= 15 is 0 Å². The number of hydrogen-bond acceptors (Lipinski definition) is 2. The first-order valence-electron chi connectivity index (χ1n) is 6.83. The Morgan fingerprint density at radius 3 is 2.10 bits per heavy atom. The molecule has 1 aromatic carbocycles. The SMILES string of the molecule is CC(C)(CNC(=O)[C@@H](N)C(C)(C)C)c1ccc(F)cc1.Cl. The summed E-state index contributed by atoms with van der Waals surface area (Å²) in [5, 5.41) is 2.88. The largest absolute Gasteiger partial charge is 0.354 e. The van der Waals surface area contributed by atoms with Crippen LogP contribution in [0.3, 0.4) is 0 Å². The van der Waals surface area contributed by atoms with Gasteiger partial charge in [-0.15, -0.1) is 12.4 Å². The highest BCUT2D eigenvalue weighted by molar-refractivity contribution is 5.85. The van der Waals surface area contributed by atoms with Crippen LogP contribution in [0, 0.1) is 11.2 Å². The van der Waals surface area contributed by atoms with Gasteiger partial charge in [-0.3, -0.25) is 4.79 Å². The summed E-state index contributed by atoms with van der Waals surface area (Å²) in [4.78, 5) is 12.0. The molecule has 0 unspecified atom stereocenters. The van der Waals surface area contributed by atoms with Crippen molar-refractivity contribution < 1.29 is 9.18 Å². The summed E-state index contributed by atoms with van der Waals surface area (Å²) in [6.07, 6.45) is 0. The van der Waals surface area contributed by atoms with Crippen LogP contribution in [0.25, 0.3) is 0 Å². The van der Waals surface area contributed by atoms with Crippen LogP contribution in [0.4, 0.5) is 4.39 Å². The third-order valence-electron chi connectivity index (χ3n) is 3.55. The molecule has 0 aliphatic rings. The maximum Gasteiger partial charge on any atom is 0.237 e. The van der Waals surface area contributed by atoms with Crippen molar-refractivity contribution in [3.8, 4) is 0 Å². The molecular formula is C16H26ClFN2O. The standard InChI is InChI=1S/C16H25FN2O.ClH/c1-15(2,3)13(18)14(20)19-10-16(4,5)11-6-8-12(17)9-7-11;/h6-9,13H,10,18H2,1-5H3,(H,19,20);1H/t13-;/m1./s1. The van der Waals surface area contributed by atoms with Crippen LogP contribution in [-0.2, 0) is 10.2 Å². The molecule has 21 heavy (non-hydrogen) atoms. The molecule has 1 rings (SSSR count). The van der Waals surface area contributed by atoms with E-state index in [1.165, 1.54) is 12.1 Å². The molecule has 0 fully saturated rings. The molecule has 0 radical (unpaired) electrons. The lowest BCUT2D eigenvalue weighted by Gasteiger charge is -2.29. The minimum Gasteiger partial charge on any atom is -0.354 e. The van der Waals surface area contributed by atoms with Crippen LogP contribution in [0.15, 0.2) is 24.3 Å². The maximum absolute atomic E-state index is 12.9. The lowest BCUT2D eigenvalue weighted by atomic mass is 9.83. The van der Waals surface area contributed by atoms with Gasteiger partial charge in [0.1, 0.15) is 5.82 Å². The predicted molar refractivity (Wildman–Crippen MR) is 87.1 cm³/mol. The summed E-state index contributed by atoms with van der Waals surface area (Å²) in [6, 6.07) is 5.79. The Kier molecular flexibility index (Phi) is 6.84. The number of halogens is 2. The molecule has 0 saturated heterocycles. The number of benzene rings is 1. The summed E-state index contributed by atoms with van der Waals surface area (Å²) < 4.78 is 12.9. The van der Waals surface area contributed by atoms with E-state index in [4.69, 9.17) is 5.73 Å². The summed E-state index contributed by atoms with van der Waals surface area (Å²) in [5.41, 5.74) is 6.35. The number of rotatable bonds is 4. The first-order chi connectivity index (χ1) is 9.04. The molecule has 3 nitrogen and oxygen atoms in total. The van der Waals surface area contributed by atoms with E-state index in [0.29, 0.717) is 6.54 Å². The molecule has 5 heteroatoms. The van der Waals surface area contributed by atoms with Crippen molar-refractivity contribution in [1.82, 2.24) is 5.32 Å². The molecule has 1 atom stereocenters. The van der Waals surface area contributed by atoms with E-state index in [-0.39, 0.29) is 35.0 Å². The average Bonchev–Trinajstić information content (AvgIpc) is 2.34. The molecule has 120 valence electrons. The Bertz CT molecular complexity index is 466. The number of amides is 1. The Morgan fingerprint density at radius 2 is 1.67 bits per heavy atom. The van der Waals surface area contributed by atoms with Gasteiger partial charge in [0.2, 0.25) is 5.91 Å². The van der Waals surface area contributed by atoms with Gasteiger partial charge in [-0.05, 0) is 23.1 Å². The van der Waals surface area contributed by atoms with E-state index < -0.39 is 6.04 Å². The van der Waals surface area contributed by atoms with Gasteiger partial charge in [0.25, 0.3) is 0 Å². The Labute approximate surface area is 132 Å². The van der Waals surface area contributed by atoms with E-state index in [1.807, 2.05) is 34.6 Å². The summed E-state index contributed by atoms with van der Waals surface area (Å²) in [5.74, 6) is -0.420. The predicted octanol–water partition coefficient (Wildman–Crippen LogP) is 3.01. The minimum absolute atomic E-state index is 0.